The molecule has 4 aromatic carbocycles. The molecule has 0 saturated carbocycles. The zero-order chi connectivity index (χ0) is 26.4. The molecule has 0 bridgehead atoms. The lowest BCUT2D eigenvalue weighted by atomic mass is 10.1. The van der Waals surface area contributed by atoms with Crippen molar-refractivity contribution in [2.24, 2.45) is 0 Å². The van der Waals surface area contributed by atoms with Crippen molar-refractivity contribution in [3.63, 3.8) is 0 Å². The number of aryl methyl sites for hydroxylation is 1. The first-order chi connectivity index (χ1) is 17.7. The van der Waals surface area contributed by atoms with Gasteiger partial charge in [0.15, 0.2) is 0 Å². The highest BCUT2D eigenvalue weighted by Crippen LogP contribution is 2.31. The maximum atomic E-state index is 12.9. The lowest BCUT2D eigenvalue weighted by Gasteiger charge is -2.24. The normalized spacial score (nSPS) is 11.0. The molecule has 0 aliphatic carbocycles. The van der Waals surface area contributed by atoms with Gasteiger partial charge in [0.2, 0.25) is 0 Å². The van der Waals surface area contributed by atoms with Crippen molar-refractivity contribution < 1.29 is 22.7 Å². The number of halogens is 1. The molecule has 37 heavy (non-hydrogen) atoms. The van der Waals surface area contributed by atoms with Gasteiger partial charge in [-0.15, -0.1) is 5.69 Å². The van der Waals surface area contributed by atoms with Gasteiger partial charge >= 0.3 is 0 Å². The number of carbonyl (C=O) groups excluding carboxylic acids is 1. The number of methoxy groups -OCH3 is 1. The SMILES string of the molecule is COc1ccc(C(=O)Nc2ccc(S(=O)(=O)[N-]c3ccccc3C)cc2)cc1COc1ccc(Br)cc1. The van der Waals surface area contributed by atoms with Crippen molar-refractivity contribution in [2.45, 2.75) is 18.4 Å². The van der Waals surface area contributed by atoms with Gasteiger partial charge in [0.05, 0.1) is 12.0 Å². The number of ether oxygens (including phenoxy) is 2. The third-order valence-corrected chi connectivity index (χ3v) is 7.33. The summed E-state index contributed by atoms with van der Waals surface area (Å²) in [6, 6.07) is 25.4. The van der Waals surface area contributed by atoms with Crippen molar-refractivity contribution in [1.82, 2.24) is 0 Å². The predicted molar refractivity (Wildman–Crippen MR) is 147 cm³/mol. The fraction of sp³-hybridized carbons (Fsp3) is 0.107. The Morgan fingerprint density at radius 2 is 1.65 bits per heavy atom. The second-order valence-corrected chi connectivity index (χ2v) is 10.6. The molecule has 190 valence electrons. The number of nitrogens with one attached hydrogen (secondary N) is 1. The minimum Gasteiger partial charge on any atom is -0.572 e. The van der Waals surface area contributed by atoms with E-state index in [4.69, 9.17) is 9.47 Å². The number of anilines is 1. The van der Waals surface area contributed by atoms with Gasteiger partial charge in [-0.2, -0.15) is 0 Å². The molecule has 0 aromatic heterocycles. The molecule has 4 aromatic rings. The van der Waals surface area contributed by atoms with E-state index in [0.29, 0.717) is 34.0 Å². The Hall–Kier alpha value is -3.82. The van der Waals surface area contributed by atoms with E-state index >= 15 is 0 Å². The van der Waals surface area contributed by atoms with Crippen LogP contribution in [0.1, 0.15) is 21.5 Å². The molecule has 1 amide bonds. The molecule has 0 unspecified atom stereocenters. The molecule has 9 heteroatoms. The highest BCUT2D eigenvalue weighted by atomic mass is 79.9. The Morgan fingerprint density at radius 3 is 2.32 bits per heavy atom. The van der Waals surface area contributed by atoms with Gasteiger partial charge in [0.25, 0.3) is 5.91 Å². The number of sulfonamides is 1. The average Bonchev–Trinajstić information content (AvgIpc) is 2.89. The number of benzene rings is 4. The monoisotopic (exact) mass is 579 g/mol. The first-order valence-corrected chi connectivity index (χ1v) is 13.5. The van der Waals surface area contributed by atoms with Crippen LogP contribution in [0.25, 0.3) is 4.72 Å². The molecule has 0 saturated heterocycles. The molecule has 4 rings (SSSR count). The van der Waals surface area contributed by atoms with Crippen LogP contribution in [0.4, 0.5) is 11.4 Å². The minimum absolute atomic E-state index is 0.0329. The quantitative estimate of drug-likeness (QED) is 0.230. The topological polar surface area (TPSA) is 95.8 Å². The maximum Gasteiger partial charge on any atom is 0.255 e. The van der Waals surface area contributed by atoms with E-state index in [1.807, 2.05) is 30.3 Å². The summed E-state index contributed by atoms with van der Waals surface area (Å²) < 4.78 is 41.5. The van der Waals surface area contributed by atoms with Crippen LogP contribution in [0.15, 0.2) is 100 Å². The van der Waals surface area contributed by atoms with Gasteiger partial charge in [-0.25, -0.2) is 8.42 Å². The minimum atomic E-state index is -3.90. The third kappa shape index (κ3) is 6.69. The van der Waals surface area contributed by atoms with E-state index in [-0.39, 0.29) is 17.4 Å². The lowest BCUT2D eigenvalue weighted by molar-refractivity contribution is 0.102. The Bertz CT molecular complexity index is 1500. The molecule has 0 atom stereocenters. The Kier molecular flexibility index (Phi) is 8.15. The van der Waals surface area contributed by atoms with Crippen LogP contribution in [-0.2, 0) is 16.6 Å². The first-order valence-electron chi connectivity index (χ1n) is 11.3. The summed E-state index contributed by atoms with van der Waals surface area (Å²) in [4.78, 5) is 12.9. The van der Waals surface area contributed by atoms with Crippen molar-refractivity contribution in [3.05, 3.63) is 117 Å². The Labute approximate surface area is 224 Å². The number of carbonyl (C=O) groups is 1. The van der Waals surface area contributed by atoms with Crippen LogP contribution in [0.5, 0.6) is 11.5 Å². The maximum absolute atomic E-state index is 12.9. The number of amides is 1. The van der Waals surface area contributed by atoms with Crippen molar-refractivity contribution in [1.29, 1.82) is 0 Å². The van der Waals surface area contributed by atoms with E-state index in [1.54, 1.807) is 50.4 Å². The van der Waals surface area contributed by atoms with E-state index in [2.05, 4.69) is 26.0 Å². The molecule has 0 heterocycles. The Morgan fingerprint density at radius 1 is 0.946 bits per heavy atom. The summed E-state index contributed by atoms with van der Waals surface area (Å²) >= 11 is 3.39. The standard InChI is InChI=1S/C28H24BrN2O5S/c1-19-5-3-4-6-26(19)31-37(33,34)25-14-10-23(11-15-25)30-28(32)20-7-16-27(35-2)21(17-20)18-36-24-12-8-22(29)9-13-24/h3-17H,18H2,1-2H3,(H,30,32)/q-1. The molecule has 0 aliphatic rings. The highest BCUT2D eigenvalue weighted by Gasteiger charge is 2.13. The largest absolute Gasteiger partial charge is 0.572 e. The smallest absolute Gasteiger partial charge is 0.255 e. The Balaban J connectivity index is 1.44. The molecule has 0 radical (unpaired) electrons. The number of rotatable bonds is 9. The van der Waals surface area contributed by atoms with Crippen LogP contribution in [0.2, 0.25) is 0 Å². The molecular formula is C28H24BrN2O5S-. The van der Waals surface area contributed by atoms with Gasteiger partial charge in [-0.05, 0) is 73.7 Å². The average molecular weight is 580 g/mol. The van der Waals surface area contributed by atoms with Crippen LogP contribution in [0, 0.1) is 6.92 Å². The molecule has 0 fully saturated rings. The number of nitrogens with zero attached hydrogens (tertiary/aromatic N) is 1. The van der Waals surface area contributed by atoms with Crippen molar-refractivity contribution >= 4 is 43.2 Å². The summed E-state index contributed by atoms with van der Waals surface area (Å²) in [7, 11) is -2.34. The van der Waals surface area contributed by atoms with Crippen molar-refractivity contribution in [3.8, 4) is 11.5 Å². The number of hydrogen-bond acceptors (Lipinski definition) is 5. The summed E-state index contributed by atoms with van der Waals surface area (Å²) in [5.74, 6) is 0.928. The van der Waals surface area contributed by atoms with Crippen LogP contribution < -0.4 is 14.8 Å². The van der Waals surface area contributed by atoms with Gasteiger partial charge in [0.1, 0.15) is 28.1 Å². The number of hydrogen-bond donors (Lipinski definition) is 1. The van der Waals surface area contributed by atoms with E-state index in [9.17, 15) is 13.2 Å². The summed E-state index contributed by atoms with van der Waals surface area (Å²) in [6.45, 7) is 2.01. The molecular weight excluding hydrogens is 556 g/mol. The molecule has 7 nitrogen and oxygen atoms in total. The molecule has 0 aliphatic heterocycles. The lowest BCUT2D eigenvalue weighted by Crippen LogP contribution is -2.13. The summed E-state index contributed by atoms with van der Waals surface area (Å²) in [5.41, 5.74) is 2.71. The zero-order valence-corrected chi connectivity index (χ0v) is 22.5. The predicted octanol–water partition coefficient (Wildman–Crippen LogP) is 6.99. The zero-order valence-electron chi connectivity index (χ0n) is 20.1. The van der Waals surface area contributed by atoms with Gasteiger partial charge < -0.3 is 19.5 Å². The second kappa shape index (κ2) is 11.5. The van der Waals surface area contributed by atoms with E-state index < -0.39 is 10.0 Å². The first kappa shape index (κ1) is 26.2. The van der Waals surface area contributed by atoms with Crippen LogP contribution in [-0.4, -0.2) is 21.4 Å². The van der Waals surface area contributed by atoms with Crippen LogP contribution >= 0.6 is 15.9 Å². The van der Waals surface area contributed by atoms with Gasteiger partial charge in [-0.3, -0.25) is 4.79 Å². The van der Waals surface area contributed by atoms with Crippen LogP contribution in [0.3, 0.4) is 0 Å². The molecule has 0 spiro atoms. The molecule has 1 N–H and O–H groups in total. The van der Waals surface area contributed by atoms with Crippen molar-refractivity contribution in [2.75, 3.05) is 12.4 Å². The van der Waals surface area contributed by atoms with E-state index in [0.717, 1.165) is 10.0 Å². The van der Waals surface area contributed by atoms with Gasteiger partial charge in [-0.1, -0.05) is 45.8 Å². The highest BCUT2D eigenvalue weighted by molar-refractivity contribution is 9.10. The fourth-order valence-corrected chi connectivity index (χ4v) is 4.80. The second-order valence-electron chi connectivity index (χ2n) is 8.10. The van der Waals surface area contributed by atoms with Gasteiger partial charge in [0, 0.05) is 21.3 Å². The van der Waals surface area contributed by atoms with E-state index in [1.165, 1.54) is 24.3 Å². The summed E-state index contributed by atoms with van der Waals surface area (Å²) in [6.07, 6.45) is 0. The summed E-state index contributed by atoms with van der Waals surface area (Å²) in [5, 5.41) is 2.79. The fourth-order valence-electron chi connectivity index (χ4n) is 3.49. The third-order valence-electron chi connectivity index (χ3n) is 5.49.